The van der Waals surface area contributed by atoms with Crippen molar-refractivity contribution in [3.63, 3.8) is 0 Å². The van der Waals surface area contributed by atoms with E-state index in [1.165, 1.54) is 11.3 Å². The summed E-state index contributed by atoms with van der Waals surface area (Å²) in [6, 6.07) is 7.67. The maximum atomic E-state index is 8.17. The monoisotopic (exact) mass is 176 g/mol. The van der Waals surface area contributed by atoms with E-state index < -0.39 is 0 Å². The van der Waals surface area contributed by atoms with Gasteiger partial charge in [-0.15, -0.1) is 11.3 Å². The number of nitrogens with zero attached hydrogens (tertiary/aromatic N) is 4. The predicted molar refractivity (Wildman–Crippen MR) is 48.4 cm³/mol. The van der Waals surface area contributed by atoms with E-state index in [4.69, 9.17) is 5.53 Å². The van der Waals surface area contributed by atoms with Crippen molar-refractivity contribution in [1.82, 2.24) is 4.98 Å². The van der Waals surface area contributed by atoms with Crippen molar-refractivity contribution in [2.24, 2.45) is 5.11 Å². The van der Waals surface area contributed by atoms with E-state index in [-0.39, 0.29) is 0 Å². The first kappa shape index (κ1) is 7.09. The minimum atomic E-state index is 0.471. The van der Waals surface area contributed by atoms with Crippen LogP contribution in [0.3, 0.4) is 0 Å². The zero-order chi connectivity index (χ0) is 8.39. The van der Waals surface area contributed by atoms with Gasteiger partial charge in [0.25, 0.3) is 0 Å². The Morgan fingerprint density at radius 3 is 3.00 bits per heavy atom. The minimum absolute atomic E-state index is 0.471. The van der Waals surface area contributed by atoms with Crippen molar-refractivity contribution in [3.8, 4) is 0 Å². The Labute approximate surface area is 72.1 Å². The molecule has 0 spiro atoms. The smallest absolute Gasteiger partial charge is 0.181 e. The average molecular weight is 176 g/mol. The van der Waals surface area contributed by atoms with Crippen LogP contribution < -0.4 is 0 Å². The highest BCUT2D eigenvalue weighted by molar-refractivity contribution is 7.21. The Morgan fingerprint density at radius 1 is 1.42 bits per heavy atom. The predicted octanol–water partition coefficient (Wildman–Crippen LogP) is 3.24. The zero-order valence-electron chi connectivity index (χ0n) is 6.01. The van der Waals surface area contributed by atoms with Gasteiger partial charge in [-0.05, 0) is 22.8 Å². The molecule has 2 rings (SSSR count). The molecule has 0 saturated heterocycles. The van der Waals surface area contributed by atoms with E-state index in [0.29, 0.717) is 5.13 Å². The molecule has 0 bridgehead atoms. The van der Waals surface area contributed by atoms with E-state index in [9.17, 15) is 0 Å². The Hall–Kier alpha value is -1.58. The van der Waals surface area contributed by atoms with Gasteiger partial charge in [0.15, 0.2) is 5.13 Å². The minimum Gasteiger partial charge on any atom is -0.235 e. The molecule has 0 unspecified atom stereocenters. The maximum absolute atomic E-state index is 8.17. The third-order valence-electron chi connectivity index (χ3n) is 1.41. The SMILES string of the molecule is [N-]=[N+]=Nc1nc2ccccc2s1. The molecule has 0 N–H and O–H groups in total. The lowest BCUT2D eigenvalue weighted by Crippen LogP contribution is -1.62. The molecule has 0 amide bonds. The summed E-state index contributed by atoms with van der Waals surface area (Å²) in [5, 5.41) is 3.90. The molecule has 0 aliphatic heterocycles. The van der Waals surface area contributed by atoms with Gasteiger partial charge >= 0.3 is 0 Å². The first-order valence-corrected chi connectivity index (χ1v) is 4.12. The van der Waals surface area contributed by atoms with Crippen LogP contribution in [0, 0.1) is 0 Å². The Bertz CT molecular complexity index is 422. The number of rotatable bonds is 1. The largest absolute Gasteiger partial charge is 0.235 e. The number of azide groups is 1. The molecule has 2 aromatic rings. The van der Waals surface area contributed by atoms with Gasteiger partial charge < -0.3 is 0 Å². The molecule has 4 nitrogen and oxygen atoms in total. The van der Waals surface area contributed by atoms with E-state index in [1.807, 2.05) is 24.3 Å². The topological polar surface area (TPSA) is 61.7 Å². The molecule has 12 heavy (non-hydrogen) atoms. The van der Waals surface area contributed by atoms with Gasteiger partial charge in [0, 0.05) is 4.91 Å². The Balaban J connectivity index is 2.69. The van der Waals surface area contributed by atoms with Gasteiger partial charge in [0.1, 0.15) is 0 Å². The standard InChI is InChI=1S/C7H4N4S/c8-11-10-7-9-5-3-1-2-4-6(5)12-7/h1-4H. The number of thiazole rings is 1. The summed E-state index contributed by atoms with van der Waals surface area (Å²) in [5.74, 6) is 0. The summed E-state index contributed by atoms with van der Waals surface area (Å²) in [7, 11) is 0. The molecule has 0 atom stereocenters. The van der Waals surface area contributed by atoms with Crippen LogP contribution in [0.2, 0.25) is 0 Å². The van der Waals surface area contributed by atoms with Crippen LogP contribution in [-0.4, -0.2) is 4.98 Å². The summed E-state index contributed by atoms with van der Waals surface area (Å²) in [6.45, 7) is 0. The van der Waals surface area contributed by atoms with Crippen molar-refractivity contribution in [3.05, 3.63) is 34.7 Å². The van der Waals surface area contributed by atoms with Gasteiger partial charge in [-0.25, -0.2) is 4.98 Å². The van der Waals surface area contributed by atoms with E-state index >= 15 is 0 Å². The highest BCUT2D eigenvalue weighted by Gasteiger charge is 1.98. The quantitative estimate of drug-likeness (QED) is 0.373. The average Bonchev–Trinajstić information content (AvgIpc) is 2.47. The van der Waals surface area contributed by atoms with Crippen LogP contribution >= 0.6 is 11.3 Å². The lowest BCUT2D eigenvalue weighted by Gasteiger charge is -1.80. The highest BCUT2D eigenvalue weighted by atomic mass is 32.1. The fraction of sp³-hybridized carbons (Fsp3) is 0. The van der Waals surface area contributed by atoms with Crippen LogP contribution in [0.25, 0.3) is 20.7 Å². The van der Waals surface area contributed by atoms with Crippen molar-refractivity contribution in [1.29, 1.82) is 0 Å². The molecule has 0 fully saturated rings. The molecular formula is C7H4N4S. The maximum Gasteiger partial charge on any atom is 0.181 e. The third-order valence-corrected chi connectivity index (χ3v) is 2.33. The second kappa shape index (κ2) is 2.81. The van der Waals surface area contributed by atoms with Crippen molar-refractivity contribution in [2.75, 3.05) is 0 Å². The second-order valence-corrected chi connectivity index (χ2v) is 3.16. The second-order valence-electron chi connectivity index (χ2n) is 2.15. The van der Waals surface area contributed by atoms with Crippen LogP contribution in [0.1, 0.15) is 0 Å². The van der Waals surface area contributed by atoms with E-state index in [1.54, 1.807) is 0 Å². The number of aromatic nitrogens is 1. The fourth-order valence-electron chi connectivity index (χ4n) is 0.941. The first-order valence-electron chi connectivity index (χ1n) is 3.31. The summed E-state index contributed by atoms with van der Waals surface area (Å²) >= 11 is 1.39. The Morgan fingerprint density at radius 2 is 2.25 bits per heavy atom. The molecule has 0 radical (unpaired) electrons. The highest BCUT2D eigenvalue weighted by Crippen LogP contribution is 2.27. The van der Waals surface area contributed by atoms with Crippen LogP contribution in [0.5, 0.6) is 0 Å². The lowest BCUT2D eigenvalue weighted by molar-refractivity contribution is 1.38. The molecule has 1 aromatic heterocycles. The summed E-state index contributed by atoms with van der Waals surface area (Å²) in [4.78, 5) is 6.77. The molecule has 1 heterocycles. The zero-order valence-corrected chi connectivity index (χ0v) is 6.82. The van der Waals surface area contributed by atoms with Crippen molar-refractivity contribution >= 4 is 26.7 Å². The molecule has 0 aliphatic rings. The number of hydrogen-bond acceptors (Lipinski definition) is 3. The number of hydrogen-bond donors (Lipinski definition) is 0. The molecule has 0 saturated carbocycles. The molecular weight excluding hydrogens is 172 g/mol. The first-order chi connectivity index (χ1) is 5.90. The van der Waals surface area contributed by atoms with Gasteiger partial charge in [-0.3, -0.25) is 0 Å². The van der Waals surface area contributed by atoms with Gasteiger partial charge in [-0.1, -0.05) is 12.1 Å². The van der Waals surface area contributed by atoms with Gasteiger partial charge in [0.2, 0.25) is 0 Å². The van der Waals surface area contributed by atoms with E-state index in [2.05, 4.69) is 15.0 Å². The molecule has 1 aromatic carbocycles. The summed E-state index contributed by atoms with van der Waals surface area (Å²) in [5.41, 5.74) is 9.05. The summed E-state index contributed by atoms with van der Waals surface area (Å²) < 4.78 is 1.04. The summed E-state index contributed by atoms with van der Waals surface area (Å²) in [6.07, 6.45) is 0. The number of para-hydroxylation sites is 1. The van der Waals surface area contributed by atoms with E-state index in [0.717, 1.165) is 10.2 Å². The molecule has 0 aliphatic carbocycles. The fourth-order valence-corrected chi connectivity index (χ4v) is 1.72. The lowest BCUT2D eigenvalue weighted by atomic mass is 10.3. The van der Waals surface area contributed by atoms with Crippen molar-refractivity contribution < 1.29 is 0 Å². The normalized spacial score (nSPS) is 9.67. The van der Waals surface area contributed by atoms with Gasteiger partial charge in [0.05, 0.1) is 10.2 Å². The van der Waals surface area contributed by atoms with Crippen LogP contribution in [0.4, 0.5) is 5.13 Å². The molecule has 5 heteroatoms. The van der Waals surface area contributed by atoms with Crippen molar-refractivity contribution in [2.45, 2.75) is 0 Å². The van der Waals surface area contributed by atoms with Gasteiger partial charge in [-0.2, -0.15) is 0 Å². The van der Waals surface area contributed by atoms with Crippen LogP contribution in [0.15, 0.2) is 29.4 Å². The number of benzene rings is 1. The Kier molecular flexibility index (Phi) is 1.66. The van der Waals surface area contributed by atoms with Crippen LogP contribution in [-0.2, 0) is 0 Å². The number of fused-ring (bicyclic) bond motifs is 1. The third kappa shape index (κ3) is 1.11. The molecule has 58 valence electrons.